The van der Waals surface area contributed by atoms with E-state index in [9.17, 15) is 13.2 Å². The first kappa shape index (κ1) is 24.0. The van der Waals surface area contributed by atoms with Gasteiger partial charge in [-0.3, -0.25) is 14.0 Å². The van der Waals surface area contributed by atoms with Crippen molar-refractivity contribution in [2.75, 3.05) is 37.3 Å². The number of ether oxygens (including phenoxy) is 1. The van der Waals surface area contributed by atoms with Gasteiger partial charge < -0.3 is 4.74 Å². The number of carbonyl (C=O) groups is 1. The molecule has 0 saturated carbocycles. The highest BCUT2D eigenvalue weighted by atomic mass is 35.5. The highest BCUT2D eigenvalue weighted by Crippen LogP contribution is 2.30. The summed E-state index contributed by atoms with van der Waals surface area (Å²) in [4.78, 5) is 14.8. The summed E-state index contributed by atoms with van der Waals surface area (Å²) < 4.78 is 30.6. The van der Waals surface area contributed by atoms with Gasteiger partial charge in [-0.1, -0.05) is 41.9 Å². The summed E-state index contributed by atoms with van der Waals surface area (Å²) >= 11 is 6.11. The van der Waals surface area contributed by atoms with Crippen LogP contribution in [-0.4, -0.2) is 57.9 Å². The van der Waals surface area contributed by atoms with E-state index in [2.05, 4.69) is 27.6 Å². The molecule has 172 valence electrons. The zero-order valence-electron chi connectivity index (χ0n) is 18.1. The number of carbonyl (C=O) groups excluding carboxylic acids is 1. The summed E-state index contributed by atoms with van der Waals surface area (Å²) in [5.74, 6) is -0.111. The van der Waals surface area contributed by atoms with Crippen molar-refractivity contribution in [3.63, 3.8) is 0 Å². The summed E-state index contributed by atoms with van der Waals surface area (Å²) in [7, 11) is -2.25. The molecule has 0 unspecified atom stereocenters. The standard InChI is InChI=1S/C22H27ClN4O4S/c1-31-21-9-8-19(14-20(21)23)27(32(2,29)30)16-22(28)25-24-18-10-12-26(13-11-18)15-17-6-4-3-5-7-17/h3-9,14H,10-13,15-16H2,1-2H3,(H,25,28). The van der Waals surface area contributed by atoms with Crippen LogP contribution < -0.4 is 14.5 Å². The molecule has 32 heavy (non-hydrogen) atoms. The maximum absolute atomic E-state index is 12.4. The third-order valence-corrected chi connectivity index (χ3v) is 6.57. The number of sulfonamides is 1. The molecule has 8 nitrogen and oxygen atoms in total. The van der Waals surface area contributed by atoms with Crippen LogP contribution in [0.15, 0.2) is 53.6 Å². The van der Waals surface area contributed by atoms with Gasteiger partial charge in [0.25, 0.3) is 5.91 Å². The maximum Gasteiger partial charge on any atom is 0.260 e. The Morgan fingerprint density at radius 2 is 1.88 bits per heavy atom. The molecule has 0 aromatic heterocycles. The van der Waals surface area contributed by atoms with Gasteiger partial charge in [0.05, 0.1) is 24.1 Å². The Kier molecular flexibility index (Phi) is 8.11. The van der Waals surface area contributed by atoms with Gasteiger partial charge in [-0.2, -0.15) is 5.10 Å². The zero-order chi connectivity index (χ0) is 23.1. The largest absolute Gasteiger partial charge is 0.495 e. The van der Waals surface area contributed by atoms with Crippen molar-refractivity contribution < 1.29 is 17.9 Å². The highest BCUT2D eigenvalue weighted by Gasteiger charge is 2.22. The number of amides is 1. The molecule has 0 aliphatic carbocycles. The van der Waals surface area contributed by atoms with Crippen LogP contribution in [0.2, 0.25) is 5.02 Å². The van der Waals surface area contributed by atoms with Gasteiger partial charge in [0, 0.05) is 38.2 Å². The Labute approximate surface area is 193 Å². The second-order valence-electron chi connectivity index (χ2n) is 7.56. The fourth-order valence-corrected chi connectivity index (χ4v) is 4.54. The van der Waals surface area contributed by atoms with Crippen LogP contribution in [0.25, 0.3) is 0 Å². The number of nitrogens with zero attached hydrogens (tertiary/aromatic N) is 3. The van der Waals surface area contributed by atoms with Crippen LogP contribution >= 0.6 is 11.6 Å². The molecule has 10 heteroatoms. The lowest BCUT2D eigenvalue weighted by atomic mass is 10.1. The summed E-state index contributed by atoms with van der Waals surface area (Å²) in [5.41, 5.74) is 4.92. The van der Waals surface area contributed by atoms with Crippen LogP contribution in [0.1, 0.15) is 18.4 Å². The summed E-state index contributed by atoms with van der Waals surface area (Å²) in [6, 6.07) is 14.8. The number of methoxy groups -OCH3 is 1. The Balaban J connectivity index is 1.56. The fraction of sp³-hybridized carbons (Fsp3) is 0.364. The van der Waals surface area contributed by atoms with Crippen LogP contribution in [0.4, 0.5) is 5.69 Å². The topological polar surface area (TPSA) is 91.3 Å². The third kappa shape index (κ3) is 6.69. The molecular formula is C22H27ClN4O4S. The number of hydrogen-bond donors (Lipinski definition) is 1. The van der Waals surface area contributed by atoms with E-state index in [0.717, 1.165) is 48.7 Å². The lowest BCUT2D eigenvalue weighted by Crippen LogP contribution is -2.40. The van der Waals surface area contributed by atoms with E-state index < -0.39 is 22.5 Å². The van der Waals surface area contributed by atoms with Gasteiger partial charge >= 0.3 is 0 Å². The number of hydrogen-bond acceptors (Lipinski definition) is 6. The van der Waals surface area contributed by atoms with Crippen molar-refractivity contribution in [2.45, 2.75) is 19.4 Å². The van der Waals surface area contributed by atoms with Gasteiger partial charge in [0.1, 0.15) is 12.3 Å². The van der Waals surface area contributed by atoms with E-state index in [-0.39, 0.29) is 10.7 Å². The molecule has 0 radical (unpaired) electrons. The molecule has 2 aromatic carbocycles. The molecule has 0 atom stereocenters. The van der Waals surface area contributed by atoms with Crippen LogP contribution in [0.5, 0.6) is 5.75 Å². The molecule has 1 fully saturated rings. The number of halogens is 1. The number of likely N-dealkylation sites (tertiary alicyclic amines) is 1. The number of nitrogens with one attached hydrogen (secondary N) is 1. The van der Waals surface area contributed by atoms with Crippen molar-refractivity contribution in [3.8, 4) is 5.75 Å². The minimum atomic E-state index is -3.71. The first-order valence-electron chi connectivity index (χ1n) is 10.2. The molecule has 0 bridgehead atoms. The number of hydrazone groups is 1. The molecule has 1 heterocycles. The van der Waals surface area contributed by atoms with Gasteiger partial charge in [-0.25, -0.2) is 13.8 Å². The van der Waals surface area contributed by atoms with Gasteiger partial charge in [-0.05, 0) is 23.8 Å². The number of benzene rings is 2. The zero-order valence-corrected chi connectivity index (χ0v) is 19.7. The van der Waals surface area contributed by atoms with Crippen LogP contribution in [-0.2, 0) is 21.4 Å². The molecule has 3 rings (SSSR count). The normalized spacial score (nSPS) is 14.7. The Hall–Kier alpha value is -2.62. The van der Waals surface area contributed by atoms with Crippen molar-refractivity contribution in [2.24, 2.45) is 5.10 Å². The van der Waals surface area contributed by atoms with Crippen molar-refractivity contribution >= 4 is 38.9 Å². The van der Waals surface area contributed by atoms with E-state index in [0.29, 0.717) is 5.75 Å². The lowest BCUT2D eigenvalue weighted by Gasteiger charge is -2.27. The minimum absolute atomic E-state index is 0.251. The van der Waals surface area contributed by atoms with E-state index in [1.54, 1.807) is 6.07 Å². The van der Waals surface area contributed by atoms with E-state index in [1.807, 2.05) is 18.2 Å². The second kappa shape index (κ2) is 10.8. The van der Waals surface area contributed by atoms with Crippen molar-refractivity contribution in [1.29, 1.82) is 0 Å². The number of anilines is 1. The average Bonchev–Trinajstić information content (AvgIpc) is 2.77. The molecule has 1 N–H and O–H groups in total. The Morgan fingerprint density at radius 3 is 2.47 bits per heavy atom. The van der Waals surface area contributed by atoms with Crippen molar-refractivity contribution in [1.82, 2.24) is 10.3 Å². The summed E-state index contributed by atoms with van der Waals surface area (Å²) in [6.45, 7) is 2.18. The van der Waals surface area contributed by atoms with E-state index in [4.69, 9.17) is 16.3 Å². The predicted molar refractivity (Wildman–Crippen MR) is 127 cm³/mol. The van der Waals surface area contributed by atoms with Gasteiger partial charge in [0.15, 0.2) is 0 Å². The number of piperidine rings is 1. The number of rotatable bonds is 8. The molecule has 2 aromatic rings. The third-order valence-electron chi connectivity index (χ3n) is 5.13. The molecule has 1 aliphatic rings. The van der Waals surface area contributed by atoms with Crippen LogP contribution in [0, 0.1) is 0 Å². The molecule has 1 aliphatic heterocycles. The fourth-order valence-electron chi connectivity index (χ4n) is 3.44. The summed E-state index contributed by atoms with van der Waals surface area (Å²) in [5, 5.41) is 4.47. The lowest BCUT2D eigenvalue weighted by molar-refractivity contribution is -0.119. The molecule has 1 saturated heterocycles. The van der Waals surface area contributed by atoms with Crippen LogP contribution in [0.3, 0.4) is 0 Å². The SMILES string of the molecule is COc1ccc(N(CC(=O)NN=C2CCN(Cc3ccccc3)CC2)S(C)(=O)=O)cc1Cl. The summed E-state index contributed by atoms with van der Waals surface area (Å²) in [6.07, 6.45) is 2.53. The first-order valence-corrected chi connectivity index (χ1v) is 12.4. The smallest absolute Gasteiger partial charge is 0.260 e. The molecule has 0 spiro atoms. The highest BCUT2D eigenvalue weighted by molar-refractivity contribution is 7.92. The van der Waals surface area contributed by atoms with E-state index in [1.165, 1.54) is 24.8 Å². The minimum Gasteiger partial charge on any atom is -0.495 e. The van der Waals surface area contributed by atoms with Gasteiger partial charge in [-0.15, -0.1) is 0 Å². The predicted octanol–water partition coefficient (Wildman–Crippen LogP) is 2.88. The molecule has 1 amide bonds. The van der Waals surface area contributed by atoms with E-state index >= 15 is 0 Å². The monoisotopic (exact) mass is 478 g/mol. The Bertz CT molecular complexity index is 1070. The van der Waals surface area contributed by atoms with Gasteiger partial charge in [0.2, 0.25) is 10.0 Å². The Morgan fingerprint density at radius 1 is 1.19 bits per heavy atom. The van der Waals surface area contributed by atoms with Crippen molar-refractivity contribution in [3.05, 3.63) is 59.1 Å². The first-order chi connectivity index (χ1) is 15.3. The molecular weight excluding hydrogens is 452 g/mol. The second-order valence-corrected chi connectivity index (χ2v) is 9.88. The maximum atomic E-state index is 12.4. The average molecular weight is 479 g/mol. The quantitative estimate of drug-likeness (QED) is 0.589.